The quantitative estimate of drug-likeness (QED) is 0.735. The molecular formula is C21H22N2O4. The van der Waals surface area contributed by atoms with Gasteiger partial charge in [0.15, 0.2) is 11.5 Å². The second kappa shape index (κ2) is 7.53. The molecule has 0 atom stereocenters. The number of rotatable bonds is 5. The SMILES string of the molecule is COc1cc(NC(=O)c2cc3ccc(C)cc3nc2C)cc(OC)c1OC. The van der Waals surface area contributed by atoms with Crippen molar-refractivity contribution in [3.8, 4) is 17.2 Å². The van der Waals surface area contributed by atoms with Gasteiger partial charge < -0.3 is 19.5 Å². The molecule has 27 heavy (non-hydrogen) atoms. The van der Waals surface area contributed by atoms with Crippen molar-refractivity contribution >= 4 is 22.5 Å². The molecule has 1 amide bonds. The highest BCUT2D eigenvalue weighted by molar-refractivity contribution is 6.07. The lowest BCUT2D eigenvalue weighted by molar-refractivity contribution is 0.102. The first-order valence-electron chi connectivity index (χ1n) is 8.46. The molecule has 2 aromatic carbocycles. The Morgan fingerprint density at radius 1 is 0.926 bits per heavy atom. The van der Waals surface area contributed by atoms with Crippen LogP contribution in [-0.2, 0) is 0 Å². The van der Waals surface area contributed by atoms with Crippen molar-refractivity contribution in [1.82, 2.24) is 4.98 Å². The lowest BCUT2D eigenvalue weighted by Gasteiger charge is -2.15. The number of aryl methyl sites for hydroxylation is 2. The Kier molecular flexibility index (Phi) is 5.16. The number of anilines is 1. The average Bonchev–Trinajstić information content (AvgIpc) is 2.66. The van der Waals surface area contributed by atoms with Gasteiger partial charge in [-0.2, -0.15) is 0 Å². The number of pyridine rings is 1. The number of aromatic nitrogens is 1. The summed E-state index contributed by atoms with van der Waals surface area (Å²) in [6.45, 7) is 3.84. The first kappa shape index (κ1) is 18.5. The number of ether oxygens (including phenoxy) is 3. The zero-order chi connectivity index (χ0) is 19.6. The Balaban J connectivity index is 1.97. The zero-order valence-corrected chi connectivity index (χ0v) is 16.0. The summed E-state index contributed by atoms with van der Waals surface area (Å²) in [5.41, 5.74) is 3.72. The van der Waals surface area contributed by atoms with Crippen LogP contribution in [0, 0.1) is 13.8 Å². The maximum Gasteiger partial charge on any atom is 0.257 e. The van der Waals surface area contributed by atoms with E-state index in [0.29, 0.717) is 34.2 Å². The van der Waals surface area contributed by atoms with Crippen molar-refractivity contribution in [2.75, 3.05) is 26.6 Å². The number of fused-ring (bicyclic) bond motifs is 1. The molecule has 0 unspecified atom stereocenters. The Morgan fingerprint density at radius 2 is 1.59 bits per heavy atom. The number of carbonyl (C=O) groups excluding carboxylic acids is 1. The van der Waals surface area contributed by atoms with Gasteiger partial charge in [-0.1, -0.05) is 12.1 Å². The normalized spacial score (nSPS) is 10.6. The molecule has 0 radical (unpaired) electrons. The highest BCUT2D eigenvalue weighted by Crippen LogP contribution is 2.40. The van der Waals surface area contributed by atoms with Gasteiger partial charge in [0, 0.05) is 23.2 Å². The smallest absolute Gasteiger partial charge is 0.257 e. The van der Waals surface area contributed by atoms with E-state index < -0.39 is 0 Å². The molecule has 140 valence electrons. The van der Waals surface area contributed by atoms with Gasteiger partial charge in [0.1, 0.15) is 0 Å². The van der Waals surface area contributed by atoms with Crippen LogP contribution < -0.4 is 19.5 Å². The van der Waals surface area contributed by atoms with Gasteiger partial charge in [-0.25, -0.2) is 0 Å². The van der Waals surface area contributed by atoms with E-state index in [1.54, 1.807) is 12.1 Å². The number of nitrogens with zero attached hydrogens (tertiary/aromatic N) is 1. The predicted molar refractivity (Wildman–Crippen MR) is 105 cm³/mol. The lowest BCUT2D eigenvalue weighted by atomic mass is 10.1. The number of nitrogens with one attached hydrogen (secondary N) is 1. The summed E-state index contributed by atoms with van der Waals surface area (Å²) in [6, 6.07) is 11.2. The molecular weight excluding hydrogens is 344 g/mol. The summed E-state index contributed by atoms with van der Waals surface area (Å²) in [4.78, 5) is 17.4. The van der Waals surface area contributed by atoms with E-state index in [0.717, 1.165) is 16.5 Å². The van der Waals surface area contributed by atoms with Gasteiger partial charge in [0.05, 0.1) is 38.1 Å². The third-order valence-electron chi connectivity index (χ3n) is 4.33. The molecule has 0 spiro atoms. The molecule has 1 aromatic heterocycles. The Morgan fingerprint density at radius 3 is 2.19 bits per heavy atom. The van der Waals surface area contributed by atoms with Crippen LogP contribution in [0.25, 0.3) is 10.9 Å². The van der Waals surface area contributed by atoms with Crippen molar-refractivity contribution in [3.05, 3.63) is 53.2 Å². The molecule has 1 heterocycles. The van der Waals surface area contributed by atoms with Gasteiger partial charge in [-0.3, -0.25) is 9.78 Å². The minimum Gasteiger partial charge on any atom is -0.493 e. The largest absolute Gasteiger partial charge is 0.493 e. The lowest BCUT2D eigenvalue weighted by Crippen LogP contribution is -2.14. The third kappa shape index (κ3) is 3.65. The van der Waals surface area contributed by atoms with Crippen LogP contribution in [0.2, 0.25) is 0 Å². The van der Waals surface area contributed by atoms with Crippen LogP contribution in [0.1, 0.15) is 21.6 Å². The fraction of sp³-hybridized carbons (Fsp3) is 0.238. The summed E-state index contributed by atoms with van der Waals surface area (Å²) in [6.07, 6.45) is 0. The van der Waals surface area contributed by atoms with E-state index in [1.807, 2.05) is 38.1 Å². The fourth-order valence-corrected chi connectivity index (χ4v) is 2.95. The van der Waals surface area contributed by atoms with Crippen molar-refractivity contribution in [2.45, 2.75) is 13.8 Å². The fourth-order valence-electron chi connectivity index (χ4n) is 2.95. The van der Waals surface area contributed by atoms with Gasteiger partial charge in [0.2, 0.25) is 5.75 Å². The van der Waals surface area contributed by atoms with E-state index in [4.69, 9.17) is 14.2 Å². The van der Waals surface area contributed by atoms with E-state index in [1.165, 1.54) is 21.3 Å². The first-order chi connectivity index (χ1) is 13.0. The van der Waals surface area contributed by atoms with Gasteiger partial charge >= 0.3 is 0 Å². The summed E-state index contributed by atoms with van der Waals surface area (Å²) >= 11 is 0. The molecule has 0 aliphatic carbocycles. The van der Waals surface area contributed by atoms with Gasteiger partial charge in [0.25, 0.3) is 5.91 Å². The Hall–Kier alpha value is -3.28. The number of hydrogen-bond acceptors (Lipinski definition) is 5. The highest BCUT2D eigenvalue weighted by atomic mass is 16.5. The van der Waals surface area contributed by atoms with Crippen LogP contribution >= 0.6 is 0 Å². The second-order valence-corrected chi connectivity index (χ2v) is 6.19. The first-order valence-corrected chi connectivity index (χ1v) is 8.46. The Labute approximate surface area is 158 Å². The maximum absolute atomic E-state index is 12.8. The van der Waals surface area contributed by atoms with Crippen LogP contribution in [0.3, 0.4) is 0 Å². The zero-order valence-electron chi connectivity index (χ0n) is 16.0. The van der Waals surface area contributed by atoms with Crippen LogP contribution in [-0.4, -0.2) is 32.2 Å². The van der Waals surface area contributed by atoms with Crippen LogP contribution in [0.4, 0.5) is 5.69 Å². The van der Waals surface area contributed by atoms with E-state index >= 15 is 0 Å². The Bertz CT molecular complexity index is 989. The molecule has 3 rings (SSSR count). The molecule has 1 N–H and O–H groups in total. The van der Waals surface area contributed by atoms with Crippen molar-refractivity contribution < 1.29 is 19.0 Å². The summed E-state index contributed by atoms with van der Waals surface area (Å²) in [5.74, 6) is 1.15. The number of hydrogen-bond donors (Lipinski definition) is 1. The van der Waals surface area contributed by atoms with Crippen molar-refractivity contribution in [2.24, 2.45) is 0 Å². The molecule has 0 aliphatic heterocycles. The van der Waals surface area contributed by atoms with E-state index in [2.05, 4.69) is 10.3 Å². The molecule has 0 bridgehead atoms. The van der Waals surface area contributed by atoms with E-state index in [9.17, 15) is 4.79 Å². The minimum absolute atomic E-state index is 0.253. The molecule has 6 nitrogen and oxygen atoms in total. The number of carbonyl (C=O) groups is 1. The second-order valence-electron chi connectivity index (χ2n) is 6.19. The van der Waals surface area contributed by atoms with Crippen molar-refractivity contribution in [1.29, 1.82) is 0 Å². The van der Waals surface area contributed by atoms with Crippen LogP contribution in [0.15, 0.2) is 36.4 Å². The molecule has 0 fully saturated rings. The van der Waals surface area contributed by atoms with Crippen molar-refractivity contribution in [3.63, 3.8) is 0 Å². The molecule has 0 saturated heterocycles. The van der Waals surface area contributed by atoms with Gasteiger partial charge in [-0.05, 0) is 31.5 Å². The minimum atomic E-state index is -0.253. The van der Waals surface area contributed by atoms with Crippen LogP contribution in [0.5, 0.6) is 17.2 Å². The number of methoxy groups -OCH3 is 3. The topological polar surface area (TPSA) is 69.7 Å². The number of benzene rings is 2. The van der Waals surface area contributed by atoms with Gasteiger partial charge in [-0.15, -0.1) is 0 Å². The maximum atomic E-state index is 12.8. The standard InChI is InChI=1S/C21H22N2O4/c1-12-6-7-14-9-16(13(2)22-17(14)8-12)21(24)23-15-10-18(25-3)20(27-5)19(11-15)26-4/h6-11H,1-5H3,(H,23,24). The highest BCUT2D eigenvalue weighted by Gasteiger charge is 2.17. The molecule has 0 saturated carbocycles. The van der Waals surface area contributed by atoms with E-state index in [-0.39, 0.29) is 5.91 Å². The molecule has 0 aliphatic rings. The molecule has 6 heteroatoms. The number of amides is 1. The molecule has 3 aromatic rings. The monoisotopic (exact) mass is 366 g/mol. The summed E-state index contributed by atoms with van der Waals surface area (Å²) in [7, 11) is 4.59. The third-order valence-corrected chi connectivity index (χ3v) is 4.33. The predicted octanol–water partition coefficient (Wildman–Crippen LogP) is 4.13. The summed E-state index contributed by atoms with van der Waals surface area (Å²) in [5, 5.41) is 3.80. The average molecular weight is 366 g/mol. The summed E-state index contributed by atoms with van der Waals surface area (Å²) < 4.78 is 16.0.